The molecule has 1 aliphatic heterocycles. The molecule has 1 saturated heterocycles. The molecule has 8 heteroatoms. The van der Waals surface area contributed by atoms with Crippen molar-refractivity contribution in [2.24, 2.45) is 0 Å². The second-order valence-electron chi connectivity index (χ2n) is 4.03. The molecule has 0 aromatic rings. The Bertz CT molecular complexity index is 319. The topological polar surface area (TPSA) is 66.8 Å². The third kappa shape index (κ3) is 2.16. The Kier molecular flexibility index (Phi) is 3.52. The summed E-state index contributed by atoms with van der Waals surface area (Å²) in [4.78, 5) is 11.1. The Balaban J connectivity index is 3.22. The van der Waals surface area contributed by atoms with Gasteiger partial charge in [0, 0.05) is 0 Å². The van der Waals surface area contributed by atoms with Crippen LogP contribution in [0.2, 0.25) is 0 Å². The van der Waals surface area contributed by atoms with Crippen LogP contribution >= 0.6 is 0 Å². The van der Waals surface area contributed by atoms with Crippen molar-refractivity contribution in [3.05, 3.63) is 0 Å². The van der Waals surface area contributed by atoms with Crippen LogP contribution in [0.25, 0.3) is 0 Å². The van der Waals surface area contributed by atoms with Crippen LogP contribution in [0.5, 0.6) is 0 Å². The van der Waals surface area contributed by atoms with Gasteiger partial charge in [-0.15, -0.1) is 0 Å². The molecule has 0 saturated carbocycles. The van der Waals surface area contributed by atoms with Gasteiger partial charge in [0.15, 0.2) is 23.7 Å². The van der Waals surface area contributed by atoms with Crippen LogP contribution < -0.4 is 0 Å². The summed E-state index contributed by atoms with van der Waals surface area (Å²) in [6.07, 6.45) is -14.4. The number of Topliss-reactive ketones (excluding diaryl/α,β-unsaturated/α-hetero) is 1. The molecule has 0 bridgehead atoms. The number of hydrogen-bond acceptors (Lipinski definition) is 4. The van der Waals surface area contributed by atoms with Gasteiger partial charge in [-0.3, -0.25) is 4.79 Å². The fourth-order valence-electron chi connectivity index (χ4n) is 1.77. The summed E-state index contributed by atoms with van der Waals surface area (Å²) in [6.45, 7) is 1.61. The predicted octanol–water partition coefficient (Wildman–Crippen LogP) is 0.355. The van der Waals surface area contributed by atoms with Gasteiger partial charge in [-0.2, -0.15) is 13.2 Å². The van der Waals surface area contributed by atoms with Gasteiger partial charge in [-0.05, 0) is 13.8 Å². The van der Waals surface area contributed by atoms with Crippen molar-refractivity contribution < 1.29 is 37.3 Å². The van der Waals surface area contributed by atoms with Crippen molar-refractivity contribution in [2.45, 2.75) is 50.1 Å². The lowest BCUT2D eigenvalue weighted by Crippen LogP contribution is -2.71. The maximum absolute atomic E-state index is 13.3. The molecule has 0 radical (unpaired) electrons. The number of carbonyl (C=O) groups excluding carboxylic acids is 1. The zero-order chi connectivity index (χ0) is 13.6. The van der Waals surface area contributed by atoms with E-state index in [0.29, 0.717) is 6.92 Å². The van der Waals surface area contributed by atoms with Crippen molar-refractivity contribution in [3.8, 4) is 0 Å². The largest absolute Gasteiger partial charge is 0.418 e. The number of alkyl halides is 4. The van der Waals surface area contributed by atoms with Crippen LogP contribution in [-0.2, 0) is 9.53 Å². The summed E-state index contributed by atoms with van der Waals surface area (Å²) in [5.41, 5.74) is -3.32. The minimum Gasteiger partial charge on any atom is -0.386 e. The van der Waals surface area contributed by atoms with Crippen molar-refractivity contribution >= 4 is 5.78 Å². The number of aliphatic hydroxyl groups excluding tert-OH is 1. The highest BCUT2D eigenvalue weighted by molar-refractivity contribution is 5.86. The van der Waals surface area contributed by atoms with E-state index in [0.717, 1.165) is 6.92 Å². The maximum atomic E-state index is 13.3. The molecule has 1 fully saturated rings. The first-order valence-corrected chi connectivity index (χ1v) is 4.80. The molecule has 0 aliphatic carbocycles. The van der Waals surface area contributed by atoms with Gasteiger partial charge in [-0.25, -0.2) is 4.39 Å². The van der Waals surface area contributed by atoms with Gasteiger partial charge >= 0.3 is 6.18 Å². The predicted molar refractivity (Wildman–Crippen MR) is 46.9 cm³/mol. The van der Waals surface area contributed by atoms with E-state index >= 15 is 0 Å². The van der Waals surface area contributed by atoms with E-state index in [1.54, 1.807) is 0 Å². The Morgan fingerprint density at radius 1 is 1.41 bits per heavy atom. The second-order valence-corrected chi connectivity index (χ2v) is 4.03. The third-order valence-corrected chi connectivity index (χ3v) is 2.81. The van der Waals surface area contributed by atoms with E-state index < -0.39 is 42.0 Å². The first-order valence-electron chi connectivity index (χ1n) is 4.80. The molecule has 17 heavy (non-hydrogen) atoms. The van der Waals surface area contributed by atoms with Crippen molar-refractivity contribution in [2.75, 3.05) is 0 Å². The highest BCUT2D eigenvalue weighted by atomic mass is 19.4. The summed E-state index contributed by atoms with van der Waals surface area (Å²) in [7, 11) is 0. The normalized spacial score (nSPS) is 43.5. The van der Waals surface area contributed by atoms with Crippen LogP contribution in [0.4, 0.5) is 17.6 Å². The van der Waals surface area contributed by atoms with Crippen molar-refractivity contribution in [1.82, 2.24) is 0 Å². The molecule has 1 heterocycles. The first kappa shape index (κ1) is 14.3. The van der Waals surface area contributed by atoms with Gasteiger partial charge < -0.3 is 14.9 Å². The van der Waals surface area contributed by atoms with E-state index in [1.165, 1.54) is 0 Å². The van der Waals surface area contributed by atoms with Crippen LogP contribution in [0.15, 0.2) is 0 Å². The van der Waals surface area contributed by atoms with Gasteiger partial charge in [-0.1, -0.05) is 0 Å². The number of ketones is 1. The van der Waals surface area contributed by atoms with Crippen LogP contribution in [0.3, 0.4) is 0 Å². The number of aliphatic hydroxyl groups is 2. The van der Waals surface area contributed by atoms with E-state index in [9.17, 15) is 32.6 Å². The van der Waals surface area contributed by atoms with Crippen molar-refractivity contribution in [1.29, 1.82) is 0 Å². The van der Waals surface area contributed by atoms with Crippen LogP contribution in [0, 0.1) is 0 Å². The molecule has 0 aromatic heterocycles. The van der Waals surface area contributed by atoms with Crippen LogP contribution in [-0.4, -0.2) is 52.3 Å². The standard InChI is InChI=1S/C9H12F4O4/c1-3-5(10)6(15)8(16,4(2)14)7(17-3)9(11,12)13/h3,5-7,15-16H,1-2H3. The average Bonchev–Trinajstić information content (AvgIpc) is 2.18. The molecule has 2 N–H and O–H groups in total. The number of halogens is 4. The fraction of sp³-hybridized carbons (Fsp3) is 0.889. The molecule has 4 nitrogen and oxygen atoms in total. The minimum absolute atomic E-state index is 0.633. The first-order chi connectivity index (χ1) is 7.52. The van der Waals surface area contributed by atoms with Gasteiger partial charge in [0.1, 0.15) is 6.10 Å². The molecular formula is C9H12F4O4. The second kappa shape index (κ2) is 4.18. The minimum atomic E-state index is -5.09. The zero-order valence-corrected chi connectivity index (χ0v) is 9.03. The van der Waals surface area contributed by atoms with E-state index in [4.69, 9.17) is 0 Å². The smallest absolute Gasteiger partial charge is 0.386 e. The molecule has 1 aliphatic rings. The maximum Gasteiger partial charge on any atom is 0.418 e. The van der Waals surface area contributed by atoms with E-state index in [1.807, 2.05) is 0 Å². The zero-order valence-electron chi connectivity index (χ0n) is 9.03. The Morgan fingerprint density at radius 2 is 1.88 bits per heavy atom. The molecule has 5 unspecified atom stereocenters. The molecular weight excluding hydrogens is 248 g/mol. The quantitative estimate of drug-likeness (QED) is 0.668. The van der Waals surface area contributed by atoms with E-state index in [2.05, 4.69) is 4.74 Å². The average molecular weight is 260 g/mol. The lowest BCUT2D eigenvalue weighted by Gasteiger charge is -2.45. The van der Waals surface area contributed by atoms with Gasteiger partial charge in [0.25, 0.3) is 0 Å². The molecule has 0 spiro atoms. The summed E-state index contributed by atoms with van der Waals surface area (Å²) >= 11 is 0. The molecule has 0 aromatic carbocycles. The summed E-state index contributed by atoms with van der Waals surface area (Å²) in [6, 6.07) is 0. The Hall–Kier alpha value is -0.730. The lowest BCUT2D eigenvalue weighted by atomic mass is 9.80. The SMILES string of the molecule is CC(=O)C1(O)C(O)C(F)C(C)OC1C(F)(F)F. The fourth-order valence-corrected chi connectivity index (χ4v) is 1.77. The highest BCUT2D eigenvalue weighted by Gasteiger charge is 2.66. The van der Waals surface area contributed by atoms with Gasteiger partial charge in [0.05, 0.1) is 6.10 Å². The monoisotopic (exact) mass is 260 g/mol. The van der Waals surface area contributed by atoms with Gasteiger partial charge in [0.2, 0.25) is 0 Å². The number of ether oxygens (including phenoxy) is 1. The lowest BCUT2D eigenvalue weighted by molar-refractivity contribution is -0.324. The molecule has 0 amide bonds. The Labute approximate surface area is 94.2 Å². The van der Waals surface area contributed by atoms with Crippen LogP contribution in [0.1, 0.15) is 13.8 Å². The third-order valence-electron chi connectivity index (χ3n) is 2.81. The van der Waals surface area contributed by atoms with E-state index in [-0.39, 0.29) is 0 Å². The number of rotatable bonds is 1. The molecule has 100 valence electrons. The highest BCUT2D eigenvalue weighted by Crippen LogP contribution is 2.40. The number of carbonyl (C=O) groups is 1. The summed E-state index contributed by atoms with van der Waals surface area (Å²) in [5.74, 6) is -1.40. The Morgan fingerprint density at radius 3 is 2.24 bits per heavy atom. The summed E-state index contributed by atoms with van der Waals surface area (Å²) < 4.78 is 55.4. The van der Waals surface area contributed by atoms with Crippen molar-refractivity contribution in [3.63, 3.8) is 0 Å². The molecule has 5 atom stereocenters. The molecule has 1 rings (SSSR count). The number of hydrogen-bond donors (Lipinski definition) is 2. The summed E-state index contributed by atoms with van der Waals surface area (Å²) in [5, 5.41) is 19.0.